The number of rotatable bonds is 14. The predicted molar refractivity (Wildman–Crippen MR) is 212 cm³/mol. The van der Waals surface area contributed by atoms with Crippen LogP contribution in [0.3, 0.4) is 0 Å². The Morgan fingerprint density at radius 1 is 0.333 bits per heavy atom. The molecule has 48 heavy (non-hydrogen) atoms. The lowest BCUT2D eigenvalue weighted by Gasteiger charge is -2.29. The molecular formula is C46H50Al2. The maximum absolute atomic E-state index is 2.33. The number of hydrogen-bond donors (Lipinski definition) is 0. The number of hydrogen-bond acceptors (Lipinski definition) is 0. The summed E-state index contributed by atoms with van der Waals surface area (Å²) in [5.74, 6) is 1.16. The molecule has 0 aliphatic carbocycles. The van der Waals surface area contributed by atoms with Crippen LogP contribution in [-0.4, -0.2) is 29.4 Å². The summed E-state index contributed by atoms with van der Waals surface area (Å²) in [6, 6.07) is 67.3. The van der Waals surface area contributed by atoms with Crippen LogP contribution in [0.2, 0.25) is 26.4 Å². The lowest BCUT2D eigenvalue weighted by atomic mass is 9.92. The third kappa shape index (κ3) is 10.7. The fourth-order valence-corrected chi connectivity index (χ4v) is 12.1. The van der Waals surface area contributed by atoms with Crippen molar-refractivity contribution in [1.29, 1.82) is 0 Å². The molecule has 0 saturated heterocycles. The average molecular weight is 657 g/mol. The van der Waals surface area contributed by atoms with E-state index in [9.17, 15) is 0 Å². The topological polar surface area (TPSA) is 0 Å². The molecule has 0 radical (unpaired) electrons. The Kier molecular flexibility index (Phi) is 14.9. The first-order chi connectivity index (χ1) is 23.8. The van der Waals surface area contributed by atoms with Crippen molar-refractivity contribution in [2.24, 2.45) is 0 Å². The summed E-state index contributed by atoms with van der Waals surface area (Å²) in [7, 11) is 0. The van der Waals surface area contributed by atoms with Crippen molar-refractivity contribution in [1.82, 2.24) is 0 Å². The molecule has 0 aliphatic heterocycles. The summed E-state index contributed by atoms with van der Waals surface area (Å²) >= 11 is -0.994. The second-order valence-corrected chi connectivity index (χ2v) is 18.9. The maximum atomic E-state index is 2.33. The van der Waals surface area contributed by atoms with Crippen molar-refractivity contribution < 1.29 is 0 Å². The summed E-state index contributed by atoms with van der Waals surface area (Å²) in [4.78, 5) is 0. The van der Waals surface area contributed by atoms with Crippen LogP contribution < -0.4 is 0 Å². The summed E-state index contributed by atoms with van der Waals surface area (Å²) in [6.07, 6.45) is 0. The summed E-state index contributed by atoms with van der Waals surface area (Å²) in [5, 5.41) is 6.63. The van der Waals surface area contributed by atoms with Gasteiger partial charge in [0, 0.05) is 0 Å². The van der Waals surface area contributed by atoms with Gasteiger partial charge in [0.1, 0.15) is 0 Å². The zero-order chi connectivity index (χ0) is 33.2. The summed E-state index contributed by atoms with van der Waals surface area (Å²) < 4.78 is 0. The van der Waals surface area contributed by atoms with Gasteiger partial charge in [-0.2, -0.15) is 0 Å². The van der Waals surface area contributed by atoms with E-state index in [1.807, 2.05) is 0 Å². The van der Waals surface area contributed by atoms with Crippen molar-refractivity contribution >= 4 is 29.4 Å². The van der Waals surface area contributed by atoms with E-state index >= 15 is 0 Å². The molecule has 0 aliphatic rings. The van der Waals surface area contributed by atoms with Crippen LogP contribution in [0.1, 0.15) is 65.0 Å². The Labute approximate surface area is 301 Å². The molecule has 0 amide bonds. The molecule has 240 valence electrons. The molecule has 0 spiro atoms. The van der Waals surface area contributed by atoms with Gasteiger partial charge in [0.15, 0.2) is 0 Å². The van der Waals surface area contributed by atoms with E-state index in [2.05, 4.69) is 196 Å². The predicted octanol–water partition coefficient (Wildman–Crippen LogP) is 12.3. The van der Waals surface area contributed by atoms with Gasteiger partial charge in [0.2, 0.25) is 15.2 Å². The Morgan fingerprint density at radius 3 is 0.667 bits per heavy atom. The SMILES string of the molecule is C[CH2][AlH][CH2]C.c1ccc(C([CH2][Al]([CH2]C(c2ccccc2)c2ccccc2)[CH2]C(c2ccccc2)c2ccccc2)c2ccccc2)cc1. The molecule has 0 saturated carbocycles. The molecule has 6 aromatic rings. The van der Waals surface area contributed by atoms with E-state index < -0.39 is 14.1 Å². The van der Waals surface area contributed by atoms with Crippen LogP contribution in [0, 0.1) is 0 Å². The highest BCUT2D eigenvalue weighted by molar-refractivity contribution is 6.59. The standard InChI is InChI=1S/3C14H13.2C2H5.2Al.H/c3*1-12(13-8-4-2-5-9-13)14-10-6-3-7-11-14;2*1-2;;;/h3*2-12H,1H2;2*1H2,2H3;;;. The van der Waals surface area contributed by atoms with Crippen molar-refractivity contribution in [3.63, 3.8) is 0 Å². The second-order valence-electron chi connectivity index (χ2n) is 13.0. The maximum Gasteiger partial charge on any atom is 0.265 e. The Hall–Kier alpha value is -3.62. The first-order valence-electron chi connectivity index (χ1n) is 18.1. The second kappa shape index (κ2) is 20.0. The minimum absolute atomic E-state index is 0.387. The Balaban J connectivity index is 0.000000840. The molecule has 0 aromatic heterocycles. The van der Waals surface area contributed by atoms with E-state index in [1.54, 1.807) is 0 Å². The highest BCUT2D eigenvalue weighted by Crippen LogP contribution is 2.40. The smallest absolute Gasteiger partial charge is 0.100 e. The van der Waals surface area contributed by atoms with Gasteiger partial charge in [-0.25, -0.2) is 0 Å². The van der Waals surface area contributed by atoms with Crippen LogP contribution in [0.25, 0.3) is 0 Å². The fraction of sp³-hybridized carbons (Fsp3) is 0.217. The van der Waals surface area contributed by atoms with Crippen molar-refractivity contribution in [2.45, 2.75) is 58.0 Å². The quantitative estimate of drug-likeness (QED) is 0.102. The van der Waals surface area contributed by atoms with Crippen molar-refractivity contribution in [3.05, 3.63) is 215 Å². The van der Waals surface area contributed by atoms with Crippen LogP contribution in [0.4, 0.5) is 0 Å². The summed E-state index contributed by atoms with van der Waals surface area (Å²) in [5.41, 5.74) is 8.57. The molecule has 6 aromatic carbocycles. The van der Waals surface area contributed by atoms with Crippen molar-refractivity contribution in [2.75, 3.05) is 0 Å². The molecular weight excluding hydrogens is 606 g/mol. The Morgan fingerprint density at radius 2 is 0.521 bits per heavy atom. The zero-order valence-electron chi connectivity index (χ0n) is 28.9. The fourth-order valence-electron chi connectivity index (χ4n) is 7.15. The van der Waals surface area contributed by atoms with Crippen LogP contribution in [0.5, 0.6) is 0 Å². The monoisotopic (exact) mass is 656 g/mol. The molecule has 2 heteroatoms. The molecule has 0 unspecified atom stereocenters. The molecule has 0 nitrogen and oxygen atoms in total. The largest absolute Gasteiger partial charge is 0.265 e. The molecule has 0 fully saturated rings. The highest BCUT2D eigenvalue weighted by atomic mass is 27.2. The van der Waals surface area contributed by atoms with Gasteiger partial charge in [0.25, 0.3) is 14.1 Å². The van der Waals surface area contributed by atoms with Crippen molar-refractivity contribution in [3.8, 4) is 0 Å². The van der Waals surface area contributed by atoms with E-state index in [-0.39, 0.29) is 0 Å². The van der Waals surface area contributed by atoms with E-state index in [0.717, 1.165) is 0 Å². The molecule has 0 heterocycles. The Bertz CT molecular complexity index is 1350. The third-order valence-corrected chi connectivity index (χ3v) is 14.5. The molecule has 0 bridgehead atoms. The lowest BCUT2D eigenvalue weighted by Crippen LogP contribution is -2.24. The van der Waals surface area contributed by atoms with Crippen LogP contribution in [-0.2, 0) is 0 Å². The van der Waals surface area contributed by atoms with Crippen LogP contribution in [0.15, 0.2) is 182 Å². The molecule has 6 rings (SSSR count). The first kappa shape index (κ1) is 35.7. The van der Waals surface area contributed by atoms with Gasteiger partial charge in [-0.3, -0.25) is 0 Å². The van der Waals surface area contributed by atoms with Gasteiger partial charge in [-0.05, 0) is 51.1 Å². The minimum Gasteiger partial charge on any atom is -0.100 e. The van der Waals surface area contributed by atoms with Gasteiger partial charge < -0.3 is 0 Å². The van der Waals surface area contributed by atoms with E-state index in [0.29, 0.717) is 33.0 Å². The summed E-state index contributed by atoms with van der Waals surface area (Å²) in [6.45, 7) is 4.55. The molecule has 0 atom stereocenters. The van der Waals surface area contributed by atoms with E-state index in [1.165, 1.54) is 59.8 Å². The lowest BCUT2D eigenvalue weighted by molar-refractivity contribution is 0.826. The average Bonchev–Trinajstić information content (AvgIpc) is 3.17. The van der Waals surface area contributed by atoms with Gasteiger partial charge in [-0.15, -0.1) is 10.6 Å². The van der Waals surface area contributed by atoms with Crippen LogP contribution >= 0.6 is 0 Å². The minimum atomic E-state index is -1.43. The van der Waals surface area contributed by atoms with E-state index in [4.69, 9.17) is 0 Å². The van der Waals surface area contributed by atoms with Gasteiger partial charge in [0.05, 0.1) is 0 Å². The molecule has 0 N–H and O–H groups in total. The highest BCUT2D eigenvalue weighted by Gasteiger charge is 2.32. The van der Waals surface area contributed by atoms with Gasteiger partial charge >= 0.3 is 0 Å². The van der Waals surface area contributed by atoms with Gasteiger partial charge in [-0.1, -0.05) is 212 Å². The zero-order valence-corrected chi connectivity index (χ0v) is 31.4. The normalized spacial score (nSPS) is 10.9. The first-order valence-corrected chi connectivity index (χ1v) is 22.5. The number of benzene rings is 6. The third-order valence-electron chi connectivity index (χ3n) is 9.63.